The number of benzene rings is 2. The molecule has 0 amide bonds. The van der Waals surface area contributed by atoms with Gasteiger partial charge in [0.2, 0.25) is 0 Å². The molecule has 3 aromatic rings. The summed E-state index contributed by atoms with van der Waals surface area (Å²) in [6.45, 7) is 0.342. The van der Waals surface area contributed by atoms with E-state index in [1.54, 1.807) is 36.4 Å². The van der Waals surface area contributed by atoms with Gasteiger partial charge >= 0.3 is 0 Å². The molecular weight excluding hydrogens is 476 g/mol. The van der Waals surface area contributed by atoms with Gasteiger partial charge in [-0.15, -0.1) is 0 Å². The number of fused-ring (bicyclic) bond motifs is 2. The van der Waals surface area contributed by atoms with Crippen LogP contribution in [-0.4, -0.2) is 16.4 Å². The molecular formula is C27H26Cl2FNO3. The van der Waals surface area contributed by atoms with Crippen LogP contribution in [0.4, 0.5) is 4.39 Å². The van der Waals surface area contributed by atoms with Gasteiger partial charge in [0.05, 0.1) is 28.4 Å². The first-order valence-corrected chi connectivity index (χ1v) is 12.7. The molecule has 3 aliphatic rings. The number of nitrogens with zero attached hydrogens (tertiary/aromatic N) is 1. The number of hydrogen-bond donors (Lipinski definition) is 1. The molecule has 0 spiro atoms. The summed E-state index contributed by atoms with van der Waals surface area (Å²) in [7, 11) is 0. The zero-order chi connectivity index (χ0) is 23.4. The second-order valence-corrected chi connectivity index (χ2v) is 10.7. The zero-order valence-electron chi connectivity index (χ0n) is 18.6. The molecule has 0 aliphatic heterocycles. The Balaban J connectivity index is 1.24. The van der Waals surface area contributed by atoms with Gasteiger partial charge in [0, 0.05) is 22.6 Å². The third-order valence-electron chi connectivity index (χ3n) is 7.94. The van der Waals surface area contributed by atoms with E-state index in [-0.39, 0.29) is 23.8 Å². The van der Waals surface area contributed by atoms with Gasteiger partial charge in [-0.25, -0.2) is 4.39 Å². The van der Waals surface area contributed by atoms with Gasteiger partial charge in [-0.3, -0.25) is 0 Å². The zero-order valence-corrected chi connectivity index (χ0v) is 20.2. The fourth-order valence-corrected chi connectivity index (χ4v) is 6.69. The summed E-state index contributed by atoms with van der Waals surface area (Å²) in [6, 6.07) is 12.0. The van der Waals surface area contributed by atoms with Crippen LogP contribution in [0.15, 0.2) is 47.0 Å². The Hall–Kier alpha value is -1.92. The van der Waals surface area contributed by atoms with Gasteiger partial charge in [0.25, 0.3) is 0 Å². The van der Waals surface area contributed by atoms with Crippen LogP contribution in [0.5, 0.6) is 0 Å². The van der Waals surface area contributed by atoms with E-state index in [1.165, 1.54) is 6.07 Å². The Kier molecular flexibility index (Phi) is 5.72. The van der Waals surface area contributed by atoms with Crippen molar-refractivity contribution in [2.45, 2.75) is 62.8 Å². The van der Waals surface area contributed by atoms with Crippen molar-refractivity contribution in [3.8, 4) is 11.3 Å². The van der Waals surface area contributed by atoms with Crippen molar-refractivity contribution in [3.05, 3.63) is 75.2 Å². The number of halogens is 3. The molecule has 178 valence electrons. The quantitative estimate of drug-likeness (QED) is 0.386. The van der Waals surface area contributed by atoms with Crippen molar-refractivity contribution in [1.82, 2.24) is 5.16 Å². The second-order valence-electron chi connectivity index (χ2n) is 9.93. The van der Waals surface area contributed by atoms with E-state index in [0.717, 1.165) is 37.0 Å². The molecule has 7 heteroatoms. The maximum absolute atomic E-state index is 14.6. The molecule has 3 saturated carbocycles. The molecule has 4 atom stereocenters. The highest BCUT2D eigenvalue weighted by atomic mass is 35.5. The molecule has 1 heterocycles. The average Bonchev–Trinajstić information content (AvgIpc) is 3.56. The maximum atomic E-state index is 14.6. The summed E-state index contributed by atoms with van der Waals surface area (Å²) in [6.07, 6.45) is 5.23. The number of aliphatic hydroxyl groups is 1. The summed E-state index contributed by atoms with van der Waals surface area (Å²) in [5, 5.41) is 17.0. The summed E-state index contributed by atoms with van der Waals surface area (Å²) < 4.78 is 26.8. The van der Waals surface area contributed by atoms with Crippen molar-refractivity contribution in [2.75, 3.05) is 0 Å². The molecule has 2 aromatic carbocycles. The van der Waals surface area contributed by atoms with Crippen LogP contribution in [0.3, 0.4) is 0 Å². The van der Waals surface area contributed by atoms with E-state index in [9.17, 15) is 9.50 Å². The number of hydrogen-bond acceptors (Lipinski definition) is 4. The molecule has 3 fully saturated rings. The van der Waals surface area contributed by atoms with Crippen molar-refractivity contribution < 1.29 is 18.8 Å². The van der Waals surface area contributed by atoms with Gasteiger partial charge < -0.3 is 14.4 Å². The number of aromatic nitrogens is 1. The van der Waals surface area contributed by atoms with Crippen LogP contribution in [-0.2, 0) is 16.9 Å². The van der Waals surface area contributed by atoms with E-state index in [1.807, 2.05) is 0 Å². The Morgan fingerprint density at radius 3 is 2.32 bits per heavy atom. The summed E-state index contributed by atoms with van der Waals surface area (Å²) in [5.41, 5.74) is 1.50. The molecule has 0 unspecified atom stereocenters. The van der Waals surface area contributed by atoms with Gasteiger partial charge in [0.1, 0.15) is 17.3 Å². The van der Waals surface area contributed by atoms with Crippen molar-refractivity contribution in [3.63, 3.8) is 0 Å². The van der Waals surface area contributed by atoms with Crippen LogP contribution in [0, 0.1) is 17.7 Å². The summed E-state index contributed by atoms with van der Waals surface area (Å²) >= 11 is 12.9. The van der Waals surface area contributed by atoms with E-state index in [2.05, 4.69) is 5.16 Å². The summed E-state index contributed by atoms with van der Waals surface area (Å²) in [4.78, 5) is 0. The van der Waals surface area contributed by atoms with Crippen LogP contribution in [0.25, 0.3) is 11.3 Å². The van der Waals surface area contributed by atoms with Crippen LogP contribution in [0.1, 0.15) is 61.3 Å². The monoisotopic (exact) mass is 501 g/mol. The fraction of sp³-hybridized carbons (Fsp3) is 0.444. The second kappa shape index (κ2) is 8.63. The lowest BCUT2D eigenvalue weighted by Gasteiger charge is -2.43. The first kappa shape index (κ1) is 22.5. The predicted molar refractivity (Wildman–Crippen MR) is 128 cm³/mol. The lowest BCUT2D eigenvalue weighted by Crippen LogP contribution is -2.45. The SMILES string of the molecule is O[C@@]1(c2ccccc2F)[C@@H]2CC[C@H]1C[C@H](OCc1c(-c3c(Cl)cccc3Cl)noc1C1CC1)C2. The highest BCUT2D eigenvalue weighted by Gasteiger charge is 2.55. The first-order valence-electron chi connectivity index (χ1n) is 12.0. The lowest BCUT2D eigenvalue weighted by atomic mass is 9.69. The van der Waals surface area contributed by atoms with Gasteiger partial charge in [-0.2, -0.15) is 0 Å². The van der Waals surface area contributed by atoms with Gasteiger partial charge in [-0.05, 0) is 68.6 Å². The molecule has 4 nitrogen and oxygen atoms in total. The van der Waals surface area contributed by atoms with Crippen LogP contribution >= 0.6 is 23.2 Å². The Bertz CT molecular complexity index is 1190. The molecule has 3 aliphatic carbocycles. The normalized spacial score (nSPS) is 28.4. The largest absolute Gasteiger partial charge is 0.384 e. The third-order valence-corrected chi connectivity index (χ3v) is 8.57. The van der Waals surface area contributed by atoms with Crippen molar-refractivity contribution >= 4 is 23.2 Å². The lowest BCUT2D eigenvalue weighted by molar-refractivity contribution is -0.117. The predicted octanol–water partition coefficient (Wildman–Crippen LogP) is 7.26. The van der Waals surface area contributed by atoms with Crippen molar-refractivity contribution in [1.29, 1.82) is 0 Å². The third kappa shape index (κ3) is 3.69. The van der Waals surface area contributed by atoms with Gasteiger partial charge in [-0.1, -0.05) is 52.6 Å². The number of ether oxygens (including phenoxy) is 1. The molecule has 1 N–H and O–H groups in total. The minimum absolute atomic E-state index is 0.0268. The Morgan fingerprint density at radius 2 is 1.68 bits per heavy atom. The molecule has 6 rings (SSSR count). The minimum atomic E-state index is -1.13. The van der Waals surface area contributed by atoms with E-state index in [4.69, 9.17) is 32.5 Å². The van der Waals surface area contributed by atoms with E-state index in [0.29, 0.717) is 52.2 Å². The maximum Gasteiger partial charge on any atom is 0.145 e. The van der Waals surface area contributed by atoms with Crippen LogP contribution < -0.4 is 0 Å². The van der Waals surface area contributed by atoms with E-state index >= 15 is 0 Å². The minimum Gasteiger partial charge on any atom is -0.384 e. The summed E-state index contributed by atoms with van der Waals surface area (Å²) in [5.74, 6) is 0.815. The standard InChI is InChI=1S/C27H26Cl2FNO3/c28-21-5-3-6-22(29)24(21)25-19(26(34-31-25)15-8-9-15)14-33-18-12-16-10-11-17(13-18)27(16,32)20-4-1-2-7-23(20)30/h1-7,15-18,32H,8-14H2/t16-,17+,18-,27+. The molecule has 0 radical (unpaired) electrons. The van der Waals surface area contributed by atoms with Gasteiger partial charge in [0.15, 0.2) is 0 Å². The Labute approximate surface area is 208 Å². The molecule has 0 saturated heterocycles. The Morgan fingerprint density at radius 1 is 1.00 bits per heavy atom. The fourth-order valence-electron chi connectivity index (χ4n) is 6.11. The van der Waals surface area contributed by atoms with Crippen molar-refractivity contribution in [2.24, 2.45) is 11.8 Å². The molecule has 2 bridgehead atoms. The van der Waals surface area contributed by atoms with Crippen LogP contribution in [0.2, 0.25) is 10.0 Å². The average molecular weight is 502 g/mol. The molecule has 1 aromatic heterocycles. The smallest absolute Gasteiger partial charge is 0.145 e. The highest BCUT2D eigenvalue weighted by Crippen LogP contribution is 2.56. The number of rotatable bonds is 6. The highest BCUT2D eigenvalue weighted by molar-refractivity contribution is 6.39. The van der Waals surface area contributed by atoms with E-state index < -0.39 is 5.60 Å². The topological polar surface area (TPSA) is 55.5 Å². The first-order chi connectivity index (χ1) is 16.5. The molecule has 34 heavy (non-hydrogen) atoms.